The summed E-state index contributed by atoms with van der Waals surface area (Å²) in [6.45, 7) is 5.55. The molecule has 0 heterocycles. The number of rotatable bonds is 22. The molecule has 0 aromatic carbocycles. The van der Waals surface area contributed by atoms with E-state index in [-0.39, 0.29) is 13.0 Å². The Balaban J connectivity index is 3.81. The molecule has 0 saturated heterocycles. The zero-order valence-corrected chi connectivity index (χ0v) is 21.2. The number of esters is 1. The molecule has 9 heteroatoms. The lowest BCUT2D eigenvalue weighted by atomic mass is 10.0. The standard InChI is InChI=1S/C26H44F5NO3/c1-3-5-6-7-8-9-10-11-12-13-14-15-16-17-18-19-21-35-23(33)22(20-4-2)32-24(34)25(27,28)26(29,30)31/h4,22H,2-3,5-21H2,1H3,(H,32,34). The molecule has 0 aromatic rings. The lowest BCUT2D eigenvalue weighted by Crippen LogP contribution is -2.54. The van der Waals surface area contributed by atoms with E-state index in [0.29, 0.717) is 6.42 Å². The van der Waals surface area contributed by atoms with Gasteiger partial charge < -0.3 is 10.1 Å². The number of amides is 1. The minimum absolute atomic E-state index is 0.0104. The Morgan fingerprint density at radius 1 is 0.771 bits per heavy atom. The minimum Gasteiger partial charge on any atom is -0.464 e. The van der Waals surface area contributed by atoms with Gasteiger partial charge in [0, 0.05) is 0 Å². The van der Waals surface area contributed by atoms with Gasteiger partial charge in [-0.2, -0.15) is 22.0 Å². The Kier molecular flexibility index (Phi) is 18.6. The molecule has 1 unspecified atom stereocenters. The normalized spacial score (nSPS) is 12.9. The van der Waals surface area contributed by atoms with Gasteiger partial charge in [-0.15, -0.1) is 6.58 Å². The van der Waals surface area contributed by atoms with E-state index in [2.05, 4.69) is 13.5 Å². The summed E-state index contributed by atoms with van der Waals surface area (Å²) in [6.07, 6.45) is 13.7. The first-order chi connectivity index (χ1) is 16.6. The third-order valence-electron chi connectivity index (χ3n) is 5.88. The lowest BCUT2D eigenvalue weighted by molar-refractivity contribution is -0.270. The van der Waals surface area contributed by atoms with Crippen molar-refractivity contribution >= 4 is 11.9 Å². The van der Waals surface area contributed by atoms with Crippen LogP contribution in [0, 0.1) is 0 Å². The van der Waals surface area contributed by atoms with Crippen molar-refractivity contribution in [2.24, 2.45) is 0 Å². The number of nitrogens with one attached hydrogen (secondary N) is 1. The molecule has 0 saturated carbocycles. The van der Waals surface area contributed by atoms with Crippen LogP contribution in [0.4, 0.5) is 22.0 Å². The highest BCUT2D eigenvalue weighted by Crippen LogP contribution is 2.35. The van der Waals surface area contributed by atoms with Gasteiger partial charge in [0.25, 0.3) is 0 Å². The third-order valence-corrected chi connectivity index (χ3v) is 5.88. The predicted molar refractivity (Wildman–Crippen MR) is 128 cm³/mol. The maximum atomic E-state index is 13.1. The quantitative estimate of drug-likeness (QED) is 0.0690. The molecule has 35 heavy (non-hydrogen) atoms. The van der Waals surface area contributed by atoms with Crippen molar-refractivity contribution in [1.29, 1.82) is 0 Å². The topological polar surface area (TPSA) is 55.4 Å². The smallest absolute Gasteiger partial charge is 0.463 e. The van der Waals surface area contributed by atoms with Gasteiger partial charge in [-0.3, -0.25) is 4.79 Å². The SMILES string of the molecule is C=CCC(NC(=O)C(F)(F)C(F)(F)F)C(=O)OCCCCCCCCCCCCCCCCCC. The van der Waals surface area contributed by atoms with E-state index < -0.39 is 30.0 Å². The molecule has 1 N–H and O–H groups in total. The van der Waals surface area contributed by atoms with E-state index in [9.17, 15) is 31.5 Å². The summed E-state index contributed by atoms with van der Waals surface area (Å²) in [6, 6.07) is -1.64. The Morgan fingerprint density at radius 3 is 1.54 bits per heavy atom. The fourth-order valence-electron chi connectivity index (χ4n) is 3.68. The van der Waals surface area contributed by atoms with Gasteiger partial charge in [-0.25, -0.2) is 4.79 Å². The largest absolute Gasteiger partial charge is 0.464 e. The maximum absolute atomic E-state index is 13.1. The van der Waals surface area contributed by atoms with Crippen molar-refractivity contribution in [3.8, 4) is 0 Å². The number of ether oxygens (including phenoxy) is 1. The Hall–Kier alpha value is -1.67. The molecule has 206 valence electrons. The average Bonchev–Trinajstić information content (AvgIpc) is 2.79. The minimum atomic E-state index is -6.05. The van der Waals surface area contributed by atoms with E-state index >= 15 is 0 Å². The molecule has 1 atom stereocenters. The van der Waals surface area contributed by atoms with Gasteiger partial charge >= 0.3 is 24.0 Å². The van der Waals surface area contributed by atoms with Gasteiger partial charge in [-0.05, 0) is 12.8 Å². The van der Waals surface area contributed by atoms with Crippen LogP contribution in [0.5, 0.6) is 0 Å². The molecule has 1 amide bonds. The first-order valence-electron chi connectivity index (χ1n) is 13.1. The summed E-state index contributed by atoms with van der Waals surface area (Å²) in [7, 11) is 0. The summed E-state index contributed by atoms with van der Waals surface area (Å²) in [5, 5.41) is 1.42. The van der Waals surface area contributed by atoms with E-state index in [0.717, 1.165) is 31.8 Å². The molecule has 0 aliphatic carbocycles. The van der Waals surface area contributed by atoms with Crippen LogP contribution in [0.1, 0.15) is 116 Å². The highest BCUT2D eigenvalue weighted by molar-refractivity contribution is 5.89. The van der Waals surface area contributed by atoms with Crippen molar-refractivity contribution in [2.45, 2.75) is 134 Å². The number of carbonyl (C=O) groups excluding carboxylic acids is 2. The highest BCUT2D eigenvalue weighted by atomic mass is 19.4. The van der Waals surface area contributed by atoms with E-state index in [1.54, 1.807) is 0 Å². The molecule has 0 fully saturated rings. The second-order valence-electron chi connectivity index (χ2n) is 9.09. The fraction of sp³-hybridized carbons (Fsp3) is 0.846. The summed E-state index contributed by atoms with van der Waals surface area (Å²) >= 11 is 0. The number of unbranched alkanes of at least 4 members (excludes halogenated alkanes) is 15. The van der Waals surface area contributed by atoms with Gasteiger partial charge in [-0.1, -0.05) is 109 Å². The second kappa shape index (κ2) is 19.5. The van der Waals surface area contributed by atoms with Crippen molar-refractivity contribution in [3.05, 3.63) is 12.7 Å². The number of hydrogen-bond donors (Lipinski definition) is 1. The van der Waals surface area contributed by atoms with Gasteiger partial charge in [0.1, 0.15) is 6.04 Å². The van der Waals surface area contributed by atoms with Crippen LogP contribution in [-0.4, -0.2) is 36.6 Å². The predicted octanol–water partition coefficient (Wildman–Crippen LogP) is 8.05. The molecule has 0 aliphatic heterocycles. The van der Waals surface area contributed by atoms with Gasteiger partial charge in [0.2, 0.25) is 0 Å². The van der Waals surface area contributed by atoms with Gasteiger partial charge in [0.15, 0.2) is 0 Å². The van der Waals surface area contributed by atoms with E-state index in [4.69, 9.17) is 4.74 Å². The van der Waals surface area contributed by atoms with Crippen LogP contribution in [0.3, 0.4) is 0 Å². The Labute approximate surface area is 207 Å². The van der Waals surface area contributed by atoms with Crippen molar-refractivity contribution < 1.29 is 36.3 Å². The highest BCUT2D eigenvalue weighted by Gasteiger charge is 2.63. The van der Waals surface area contributed by atoms with Crippen molar-refractivity contribution in [2.75, 3.05) is 6.61 Å². The number of halogens is 5. The fourth-order valence-corrected chi connectivity index (χ4v) is 3.68. The molecule has 4 nitrogen and oxygen atoms in total. The molecule has 0 bridgehead atoms. The lowest BCUT2D eigenvalue weighted by Gasteiger charge is -2.22. The van der Waals surface area contributed by atoms with E-state index in [1.807, 2.05) is 0 Å². The molecule has 0 aromatic heterocycles. The van der Waals surface area contributed by atoms with Crippen LogP contribution < -0.4 is 5.32 Å². The monoisotopic (exact) mass is 513 g/mol. The number of alkyl halides is 5. The number of carbonyl (C=O) groups is 2. The Bertz CT molecular complexity index is 582. The first kappa shape index (κ1) is 33.3. The second-order valence-corrected chi connectivity index (χ2v) is 9.09. The maximum Gasteiger partial charge on any atom is 0.463 e. The number of hydrogen-bond acceptors (Lipinski definition) is 3. The molecule has 0 radical (unpaired) electrons. The van der Waals surface area contributed by atoms with Gasteiger partial charge in [0.05, 0.1) is 6.61 Å². The first-order valence-corrected chi connectivity index (χ1v) is 13.1. The molecule has 0 spiro atoms. The summed E-state index contributed by atoms with van der Waals surface area (Å²) < 4.78 is 68.0. The van der Waals surface area contributed by atoms with Crippen molar-refractivity contribution in [3.63, 3.8) is 0 Å². The average molecular weight is 514 g/mol. The zero-order valence-electron chi connectivity index (χ0n) is 21.2. The summed E-state index contributed by atoms with van der Waals surface area (Å²) in [4.78, 5) is 23.3. The van der Waals surface area contributed by atoms with Crippen LogP contribution in [0.25, 0.3) is 0 Å². The Morgan fingerprint density at radius 2 is 1.17 bits per heavy atom. The van der Waals surface area contributed by atoms with Crippen LogP contribution in [0.15, 0.2) is 12.7 Å². The molecular weight excluding hydrogens is 469 g/mol. The molecule has 0 rings (SSSR count). The van der Waals surface area contributed by atoms with Crippen LogP contribution in [0.2, 0.25) is 0 Å². The summed E-state index contributed by atoms with van der Waals surface area (Å²) in [5.74, 6) is -9.24. The molecule has 0 aliphatic rings. The van der Waals surface area contributed by atoms with E-state index in [1.165, 1.54) is 75.9 Å². The van der Waals surface area contributed by atoms with Crippen molar-refractivity contribution in [1.82, 2.24) is 5.32 Å². The molecular formula is C26H44F5NO3. The van der Waals surface area contributed by atoms with Crippen LogP contribution in [-0.2, 0) is 14.3 Å². The van der Waals surface area contributed by atoms with Crippen LogP contribution >= 0.6 is 0 Å². The summed E-state index contributed by atoms with van der Waals surface area (Å²) in [5.41, 5.74) is 0. The third kappa shape index (κ3) is 15.8. The zero-order chi connectivity index (χ0) is 26.6.